The van der Waals surface area contributed by atoms with Gasteiger partial charge < -0.3 is 14.2 Å². The number of carbonyl (C=O) groups is 1. The Hall–Kier alpha value is -1.39. The summed E-state index contributed by atoms with van der Waals surface area (Å²) in [6.45, 7) is 2.07. The Labute approximate surface area is 126 Å². The number of hydrogen-bond acceptors (Lipinski definition) is 4. The average molecular weight is 292 g/mol. The second-order valence-corrected chi connectivity index (χ2v) is 5.61. The van der Waals surface area contributed by atoms with E-state index in [0.717, 1.165) is 12.8 Å². The number of ether oxygens (including phenoxy) is 3. The van der Waals surface area contributed by atoms with Crippen molar-refractivity contribution in [2.24, 2.45) is 11.8 Å². The SMILES string of the molecule is COC(=O)C[C@H]1[C@H](C)[C@H](OC)O[C@@H]1CCc1ccccc1. The highest BCUT2D eigenvalue weighted by molar-refractivity contribution is 5.69. The summed E-state index contributed by atoms with van der Waals surface area (Å²) in [6, 6.07) is 10.3. The van der Waals surface area contributed by atoms with Gasteiger partial charge in [-0.3, -0.25) is 4.79 Å². The number of carbonyl (C=O) groups excluding carboxylic acids is 1. The zero-order chi connectivity index (χ0) is 15.2. The summed E-state index contributed by atoms with van der Waals surface area (Å²) in [5.74, 6) is 0.151. The van der Waals surface area contributed by atoms with E-state index in [-0.39, 0.29) is 30.2 Å². The molecule has 0 aliphatic carbocycles. The summed E-state index contributed by atoms with van der Waals surface area (Å²) in [6.07, 6.45) is 2.00. The number of aryl methyl sites for hydroxylation is 1. The van der Waals surface area contributed by atoms with Crippen LogP contribution in [0.5, 0.6) is 0 Å². The van der Waals surface area contributed by atoms with Crippen LogP contribution in [0.25, 0.3) is 0 Å². The first kappa shape index (κ1) is 16.0. The largest absolute Gasteiger partial charge is 0.469 e. The van der Waals surface area contributed by atoms with Gasteiger partial charge in [0.05, 0.1) is 19.6 Å². The van der Waals surface area contributed by atoms with Crippen LogP contribution in [-0.2, 0) is 25.4 Å². The van der Waals surface area contributed by atoms with E-state index >= 15 is 0 Å². The summed E-state index contributed by atoms with van der Waals surface area (Å²) < 4.78 is 16.2. The normalized spacial score (nSPS) is 28.5. The third-order valence-corrected chi connectivity index (χ3v) is 4.31. The third kappa shape index (κ3) is 4.05. The molecular formula is C17H24O4. The number of hydrogen-bond donors (Lipinski definition) is 0. The Balaban J connectivity index is 1.99. The fourth-order valence-corrected chi connectivity index (χ4v) is 3.04. The van der Waals surface area contributed by atoms with Crippen LogP contribution < -0.4 is 0 Å². The molecule has 1 saturated heterocycles. The lowest BCUT2D eigenvalue weighted by Gasteiger charge is -2.19. The molecule has 1 aliphatic rings. The molecule has 0 bridgehead atoms. The zero-order valence-electron chi connectivity index (χ0n) is 13.0. The van der Waals surface area contributed by atoms with Crippen molar-refractivity contribution in [1.29, 1.82) is 0 Å². The highest BCUT2D eigenvalue weighted by atomic mass is 16.7. The van der Waals surface area contributed by atoms with Gasteiger partial charge in [0.15, 0.2) is 6.29 Å². The number of methoxy groups -OCH3 is 2. The molecule has 0 spiro atoms. The van der Waals surface area contributed by atoms with Gasteiger partial charge in [0, 0.05) is 18.9 Å². The minimum atomic E-state index is -0.236. The fraction of sp³-hybridized carbons (Fsp3) is 0.588. The molecule has 0 saturated carbocycles. The molecule has 0 amide bonds. The number of rotatable bonds is 6. The van der Waals surface area contributed by atoms with E-state index in [2.05, 4.69) is 19.1 Å². The summed E-state index contributed by atoms with van der Waals surface area (Å²) >= 11 is 0. The first-order chi connectivity index (χ1) is 10.2. The minimum Gasteiger partial charge on any atom is -0.469 e. The van der Waals surface area contributed by atoms with Gasteiger partial charge in [-0.05, 0) is 18.4 Å². The van der Waals surface area contributed by atoms with Gasteiger partial charge in [-0.1, -0.05) is 37.3 Å². The predicted octanol–water partition coefficient (Wildman–Crippen LogP) is 2.81. The molecule has 0 N–H and O–H groups in total. The van der Waals surface area contributed by atoms with Crippen LogP contribution in [0.1, 0.15) is 25.3 Å². The van der Waals surface area contributed by atoms with E-state index in [1.807, 2.05) is 18.2 Å². The Morgan fingerprint density at radius 3 is 2.57 bits per heavy atom. The van der Waals surface area contributed by atoms with Gasteiger partial charge >= 0.3 is 5.97 Å². The van der Waals surface area contributed by atoms with Crippen molar-refractivity contribution in [2.45, 2.75) is 38.6 Å². The summed E-state index contributed by atoms with van der Waals surface area (Å²) in [5, 5.41) is 0. The zero-order valence-corrected chi connectivity index (χ0v) is 13.0. The highest BCUT2D eigenvalue weighted by Gasteiger charge is 2.42. The van der Waals surface area contributed by atoms with Crippen molar-refractivity contribution in [3.05, 3.63) is 35.9 Å². The Bertz CT molecular complexity index is 445. The van der Waals surface area contributed by atoms with Crippen molar-refractivity contribution >= 4 is 5.97 Å². The Morgan fingerprint density at radius 2 is 1.95 bits per heavy atom. The van der Waals surface area contributed by atoms with E-state index in [1.54, 1.807) is 7.11 Å². The van der Waals surface area contributed by atoms with Gasteiger partial charge in [-0.15, -0.1) is 0 Å². The lowest BCUT2D eigenvalue weighted by molar-refractivity contribution is -0.142. The molecule has 1 aromatic carbocycles. The van der Waals surface area contributed by atoms with Crippen LogP contribution in [0.4, 0.5) is 0 Å². The molecule has 1 heterocycles. The molecule has 0 unspecified atom stereocenters. The molecule has 1 fully saturated rings. The predicted molar refractivity (Wildman–Crippen MR) is 79.7 cm³/mol. The van der Waals surface area contributed by atoms with Crippen LogP contribution >= 0.6 is 0 Å². The van der Waals surface area contributed by atoms with Gasteiger partial charge in [-0.25, -0.2) is 0 Å². The molecule has 0 radical (unpaired) electrons. The lowest BCUT2D eigenvalue weighted by atomic mass is 9.86. The van der Waals surface area contributed by atoms with E-state index in [0.29, 0.717) is 6.42 Å². The molecule has 21 heavy (non-hydrogen) atoms. The maximum Gasteiger partial charge on any atom is 0.305 e. The summed E-state index contributed by atoms with van der Waals surface area (Å²) in [7, 11) is 3.07. The second kappa shape index (κ2) is 7.57. The molecule has 1 aliphatic heterocycles. The summed E-state index contributed by atoms with van der Waals surface area (Å²) in [5.41, 5.74) is 1.28. The van der Waals surface area contributed by atoms with Gasteiger partial charge in [0.25, 0.3) is 0 Å². The summed E-state index contributed by atoms with van der Waals surface area (Å²) in [4.78, 5) is 11.6. The smallest absolute Gasteiger partial charge is 0.305 e. The van der Waals surface area contributed by atoms with Crippen molar-refractivity contribution in [2.75, 3.05) is 14.2 Å². The van der Waals surface area contributed by atoms with E-state index < -0.39 is 0 Å². The molecule has 116 valence electrons. The van der Waals surface area contributed by atoms with Crippen LogP contribution in [0.2, 0.25) is 0 Å². The van der Waals surface area contributed by atoms with Gasteiger partial charge in [0.2, 0.25) is 0 Å². The number of benzene rings is 1. The molecule has 4 nitrogen and oxygen atoms in total. The fourth-order valence-electron chi connectivity index (χ4n) is 3.04. The maximum atomic E-state index is 11.6. The molecular weight excluding hydrogens is 268 g/mol. The maximum absolute atomic E-state index is 11.6. The Kier molecular flexibility index (Phi) is 5.76. The van der Waals surface area contributed by atoms with Gasteiger partial charge in [-0.2, -0.15) is 0 Å². The first-order valence-electron chi connectivity index (χ1n) is 7.44. The molecule has 4 atom stereocenters. The molecule has 1 aromatic rings. The second-order valence-electron chi connectivity index (χ2n) is 5.61. The molecule has 2 rings (SSSR count). The average Bonchev–Trinajstić information content (AvgIpc) is 2.82. The highest BCUT2D eigenvalue weighted by Crippen LogP contribution is 2.37. The number of esters is 1. The van der Waals surface area contributed by atoms with Crippen molar-refractivity contribution in [1.82, 2.24) is 0 Å². The molecule has 0 aromatic heterocycles. The standard InChI is InChI=1S/C17H24O4/c1-12-14(11-16(18)19-2)15(21-17(12)20-3)10-9-13-7-5-4-6-8-13/h4-8,12,14-15,17H,9-11H2,1-3H3/t12-,14-,15+,17+/m0/s1. The molecule has 4 heteroatoms. The van der Waals surface area contributed by atoms with Crippen molar-refractivity contribution in [3.63, 3.8) is 0 Å². The van der Waals surface area contributed by atoms with Gasteiger partial charge in [0.1, 0.15) is 0 Å². The third-order valence-electron chi connectivity index (χ3n) is 4.31. The van der Waals surface area contributed by atoms with E-state index in [9.17, 15) is 4.79 Å². The van der Waals surface area contributed by atoms with Crippen LogP contribution in [0, 0.1) is 11.8 Å². The lowest BCUT2D eigenvalue weighted by Crippen LogP contribution is -2.24. The topological polar surface area (TPSA) is 44.8 Å². The van der Waals surface area contributed by atoms with E-state index in [4.69, 9.17) is 14.2 Å². The van der Waals surface area contributed by atoms with Crippen molar-refractivity contribution in [3.8, 4) is 0 Å². The van der Waals surface area contributed by atoms with E-state index in [1.165, 1.54) is 12.7 Å². The van der Waals surface area contributed by atoms with Crippen molar-refractivity contribution < 1.29 is 19.0 Å². The minimum absolute atomic E-state index is 0.0317. The Morgan fingerprint density at radius 1 is 1.24 bits per heavy atom. The quantitative estimate of drug-likeness (QED) is 0.756. The van der Waals surface area contributed by atoms with Crippen LogP contribution in [-0.4, -0.2) is 32.6 Å². The van der Waals surface area contributed by atoms with Crippen LogP contribution in [0.3, 0.4) is 0 Å². The first-order valence-corrected chi connectivity index (χ1v) is 7.44. The van der Waals surface area contributed by atoms with Crippen LogP contribution in [0.15, 0.2) is 30.3 Å². The monoisotopic (exact) mass is 292 g/mol.